The van der Waals surface area contributed by atoms with Crippen molar-refractivity contribution < 1.29 is 23.2 Å². The number of aliphatic imine (C=N–C) groups is 1. The van der Waals surface area contributed by atoms with E-state index in [1.807, 2.05) is 78.6 Å². The summed E-state index contributed by atoms with van der Waals surface area (Å²) in [6, 6.07) is 22.3. The van der Waals surface area contributed by atoms with Gasteiger partial charge in [0.1, 0.15) is 41.3 Å². The number of benzene rings is 2. The quantitative estimate of drug-likeness (QED) is 0.248. The number of pyridine rings is 2. The van der Waals surface area contributed by atoms with Gasteiger partial charge >= 0.3 is 6.03 Å². The summed E-state index contributed by atoms with van der Waals surface area (Å²) in [5.74, 6) is 2.11. The Bertz CT molecular complexity index is 1770. The predicted molar refractivity (Wildman–Crippen MR) is 193 cm³/mol. The predicted octanol–water partition coefficient (Wildman–Crippen LogP) is 3.91. The van der Waals surface area contributed by atoms with Gasteiger partial charge in [-0.15, -0.1) is 0 Å². The van der Waals surface area contributed by atoms with Crippen LogP contribution in [-0.2, 0) is 10.8 Å². The Morgan fingerprint density at radius 2 is 1.68 bits per heavy atom. The highest BCUT2D eigenvalue weighted by Gasteiger charge is 2.39. The average molecular weight is 699 g/mol. The number of urea groups is 1. The first-order valence-corrected chi connectivity index (χ1v) is 17.6. The molecule has 262 valence electrons. The van der Waals surface area contributed by atoms with E-state index >= 15 is 0 Å². The molecule has 3 atom stereocenters. The number of nitrogens with one attached hydrogen (secondary N) is 3. The summed E-state index contributed by atoms with van der Waals surface area (Å²) in [5.41, 5.74) is 1.09. The van der Waals surface area contributed by atoms with Gasteiger partial charge in [0.05, 0.1) is 41.7 Å². The molecule has 0 radical (unpaired) electrons. The first-order valence-electron chi connectivity index (χ1n) is 16.5. The van der Waals surface area contributed by atoms with Crippen molar-refractivity contribution in [2.24, 2.45) is 4.99 Å². The monoisotopic (exact) mass is 698 g/mol. The summed E-state index contributed by atoms with van der Waals surface area (Å²) in [5, 5.41) is 10.3. The largest absolute Gasteiger partial charge is 0.497 e. The van der Waals surface area contributed by atoms with Crippen LogP contribution in [0.2, 0.25) is 0 Å². The number of carbonyl (C=O) groups is 1. The van der Waals surface area contributed by atoms with Crippen LogP contribution in [0.3, 0.4) is 0 Å². The fourth-order valence-electron chi connectivity index (χ4n) is 5.84. The molecule has 5 heterocycles. The number of piperazine rings is 2. The van der Waals surface area contributed by atoms with Crippen molar-refractivity contribution >= 4 is 33.4 Å². The van der Waals surface area contributed by atoms with Crippen LogP contribution in [-0.4, -0.2) is 106 Å². The SMILES string of the molecule is CC1(COc2cccnc2)CNCCN1C(=O)Nc1ccccc1.COc1ccc2c(c1)S(=O)C(N1CCNCC1COc1cccnc1)=N2. The lowest BCUT2D eigenvalue weighted by Gasteiger charge is -2.44. The molecule has 0 aliphatic carbocycles. The summed E-state index contributed by atoms with van der Waals surface area (Å²) < 4.78 is 30.0. The van der Waals surface area contributed by atoms with Crippen molar-refractivity contribution in [3.63, 3.8) is 0 Å². The first-order chi connectivity index (χ1) is 24.4. The number of amides is 2. The minimum absolute atomic E-state index is 0.0443. The number of ether oxygens (including phenoxy) is 3. The summed E-state index contributed by atoms with van der Waals surface area (Å²) in [6.07, 6.45) is 6.78. The lowest BCUT2D eigenvalue weighted by molar-refractivity contribution is 0.0647. The van der Waals surface area contributed by atoms with E-state index < -0.39 is 16.3 Å². The molecule has 2 saturated heterocycles. The summed E-state index contributed by atoms with van der Waals surface area (Å²) in [6.45, 7) is 7.26. The Morgan fingerprint density at radius 1 is 0.940 bits per heavy atom. The van der Waals surface area contributed by atoms with Gasteiger partial charge in [-0.2, -0.15) is 0 Å². The fraction of sp³-hybridized carbons (Fsp3) is 0.333. The molecule has 2 aromatic carbocycles. The molecule has 4 aromatic rings. The number of methoxy groups -OCH3 is 1. The van der Waals surface area contributed by atoms with Gasteiger partial charge < -0.3 is 40.0 Å². The highest BCUT2D eigenvalue weighted by molar-refractivity contribution is 8.01. The van der Waals surface area contributed by atoms with E-state index in [1.165, 1.54) is 0 Å². The Morgan fingerprint density at radius 3 is 2.40 bits per heavy atom. The van der Waals surface area contributed by atoms with E-state index in [-0.39, 0.29) is 12.1 Å². The highest BCUT2D eigenvalue weighted by Crippen LogP contribution is 2.35. The van der Waals surface area contributed by atoms with Gasteiger partial charge in [0.15, 0.2) is 0 Å². The van der Waals surface area contributed by atoms with E-state index in [0.29, 0.717) is 47.9 Å². The molecule has 3 N–H and O–H groups in total. The lowest BCUT2D eigenvalue weighted by atomic mass is 9.99. The Labute approximate surface area is 294 Å². The lowest BCUT2D eigenvalue weighted by Crippen LogP contribution is -2.64. The minimum atomic E-state index is -1.31. The van der Waals surface area contributed by atoms with E-state index in [4.69, 9.17) is 14.2 Å². The molecule has 3 aliphatic heterocycles. The van der Waals surface area contributed by atoms with Crippen molar-refractivity contribution in [3.8, 4) is 17.2 Å². The van der Waals surface area contributed by atoms with Gasteiger partial charge in [0.25, 0.3) is 0 Å². The standard InChI is InChI=1S/C18H20N4O3S.C18H22N4O2/c1-24-14-4-5-16-17(9-14)26(23)18(21-16)22-8-7-20-10-13(22)12-25-15-3-2-6-19-11-15;1-18(14-24-16-8-5-9-19-12-16)13-20-10-11-22(18)17(23)21-15-6-3-2-4-7-15/h2-6,9,11,13,20H,7-8,10,12H2,1H3;2-9,12,20H,10-11,13-14H2,1H3,(H,21,23). The van der Waals surface area contributed by atoms with Crippen LogP contribution in [0.4, 0.5) is 16.2 Å². The van der Waals surface area contributed by atoms with E-state index in [1.54, 1.807) is 38.0 Å². The molecule has 0 spiro atoms. The third kappa shape index (κ3) is 8.56. The summed E-state index contributed by atoms with van der Waals surface area (Å²) in [4.78, 5) is 30.1. The number of rotatable bonds is 8. The Kier molecular flexibility index (Phi) is 11.5. The van der Waals surface area contributed by atoms with E-state index in [9.17, 15) is 9.00 Å². The number of anilines is 1. The van der Waals surface area contributed by atoms with Crippen LogP contribution >= 0.6 is 0 Å². The second-order valence-electron chi connectivity index (χ2n) is 12.1. The molecule has 3 unspecified atom stereocenters. The van der Waals surface area contributed by atoms with Crippen LogP contribution in [0.1, 0.15) is 6.92 Å². The van der Waals surface area contributed by atoms with Crippen molar-refractivity contribution in [1.29, 1.82) is 0 Å². The number of carbonyl (C=O) groups excluding carboxylic acids is 1. The fourth-order valence-corrected chi connectivity index (χ4v) is 7.19. The second-order valence-corrected chi connectivity index (χ2v) is 13.5. The zero-order chi connectivity index (χ0) is 34.8. The molecule has 7 rings (SSSR count). The summed E-state index contributed by atoms with van der Waals surface area (Å²) in [7, 11) is 0.287. The molecule has 3 aliphatic rings. The average Bonchev–Trinajstić information content (AvgIpc) is 3.49. The van der Waals surface area contributed by atoms with Crippen molar-refractivity contribution in [2.75, 3.05) is 64.9 Å². The molecule has 0 saturated carbocycles. The second kappa shape index (κ2) is 16.6. The van der Waals surface area contributed by atoms with Crippen LogP contribution in [0.5, 0.6) is 17.2 Å². The topological polar surface area (TPSA) is 143 Å². The smallest absolute Gasteiger partial charge is 0.322 e. The van der Waals surface area contributed by atoms with Gasteiger partial charge in [-0.25, -0.2) is 14.0 Å². The maximum Gasteiger partial charge on any atom is 0.322 e. The van der Waals surface area contributed by atoms with Crippen LogP contribution < -0.4 is 30.2 Å². The molecular formula is C36H42N8O5S. The molecule has 14 heteroatoms. The van der Waals surface area contributed by atoms with Gasteiger partial charge in [-0.05, 0) is 61.5 Å². The van der Waals surface area contributed by atoms with Gasteiger partial charge in [-0.1, -0.05) is 18.2 Å². The maximum atomic E-state index is 13.0. The maximum absolute atomic E-state index is 13.0. The molecule has 13 nitrogen and oxygen atoms in total. The molecule has 0 bridgehead atoms. The zero-order valence-electron chi connectivity index (χ0n) is 28.2. The van der Waals surface area contributed by atoms with Crippen molar-refractivity contribution in [1.82, 2.24) is 30.4 Å². The van der Waals surface area contributed by atoms with Crippen molar-refractivity contribution in [3.05, 3.63) is 97.6 Å². The van der Waals surface area contributed by atoms with Gasteiger partial charge in [-0.3, -0.25) is 9.97 Å². The number of amidine groups is 1. The Hall–Kier alpha value is -5.05. The molecule has 2 aromatic heterocycles. The molecule has 2 amide bonds. The van der Waals surface area contributed by atoms with E-state index in [0.717, 1.165) is 43.3 Å². The van der Waals surface area contributed by atoms with Crippen molar-refractivity contribution in [2.45, 2.75) is 23.4 Å². The molecule has 2 fully saturated rings. The number of para-hydroxylation sites is 1. The third-order valence-electron chi connectivity index (χ3n) is 8.55. The van der Waals surface area contributed by atoms with Gasteiger partial charge in [0, 0.05) is 57.3 Å². The van der Waals surface area contributed by atoms with Crippen LogP contribution in [0.25, 0.3) is 0 Å². The minimum Gasteiger partial charge on any atom is -0.497 e. The number of hydrogen-bond acceptors (Lipinski definition) is 11. The van der Waals surface area contributed by atoms with E-state index in [2.05, 4.69) is 35.8 Å². The normalized spacial score (nSPS) is 21.2. The third-order valence-corrected chi connectivity index (χ3v) is 9.93. The zero-order valence-corrected chi connectivity index (χ0v) is 29.0. The number of hydrogen-bond donors (Lipinski definition) is 3. The number of fused-ring (bicyclic) bond motifs is 1. The van der Waals surface area contributed by atoms with Crippen LogP contribution in [0.15, 0.2) is 107 Å². The first kappa shape index (κ1) is 34.8. The van der Waals surface area contributed by atoms with Gasteiger partial charge in [0.2, 0.25) is 5.17 Å². The molecule has 50 heavy (non-hydrogen) atoms. The summed E-state index contributed by atoms with van der Waals surface area (Å²) >= 11 is 0. The van der Waals surface area contributed by atoms with Crippen LogP contribution in [0, 0.1) is 0 Å². The highest BCUT2D eigenvalue weighted by atomic mass is 32.2. The Balaban J connectivity index is 0.000000174. The number of aromatic nitrogens is 2. The number of nitrogens with zero attached hydrogens (tertiary/aromatic N) is 5. The molecular weight excluding hydrogens is 657 g/mol.